The molecule has 0 aliphatic heterocycles. The number of aromatic nitrogens is 3. The van der Waals surface area contributed by atoms with Crippen LogP contribution in [0.15, 0.2) is 101 Å². The number of para-hydroxylation sites is 1. The van der Waals surface area contributed by atoms with E-state index in [4.69, 9.17) is 0 Å². The van der Waals surface area contributed by atoms with E-state index in [1.807, 2.05) is 77.4 Å². The zero-order valence-corrected chi connectivity index (χ0v) is 22.4. The third-order valence-electron chi connectivity index (χ3n) is 6.18. The molecule has 1 aromatic heterocycles. The van der Waals surface area contributed by atoms with Gasteiger partial charge in [-0.2, -0.15) is 5.10 Å². The Labute approximate surface area is 230 Å². The van der Waals surface area contributed by atoms with Crippen LogP contribution in [0.2, 0.25) is 0 Å². The number of aromatic hydroxyl groups is 1. The molecule has 0 aliphatic rings. The van der Waals surface area contributed by atoms with Crippen LogP contribution in [0.25, 0.3) is 16.5 Å². The summed E-state index contributed by atoms with van der Waals surface area (Å²) in [6, 6.07) is 29.1. The Morgan fingerprint density at radius 2 is 1.74 bits per heavy atom. The first-order chi connectivity index (χ1) is 19.0. The van der Waals surface area contributed by atoms with Crippen molar-refractivity contribution in [2.24, 2.45) is 5.10 Å². The van der Waals surface area contributed by atoms with Gasteiger partial charge in [-0.3, -0.25) is 9.36 Å². The van der Waals surface area contributed by atoms with Crippen molar-refractivity contribution in [3.63, 3.8) is 0 Å². The van der Waals surface area contributed by atoms with Crippen molar-refractivity contribution >= 4 is 40.3 Å². The number of phenolic OH excluding ortho intramolecular Hbond substituents is 1. The Morgan fingerprint density at radius 1 is 1.00 bits per heavy atom. The predicted molar refractivity (Wildman–Crippen MR) is 157 cm³/mol. The number of carbonyl (C=O) groups is 1. The molecule has 1 amide bonds. The Kier molecular flexibility index (Phi) is 7.88. The molecule has 4 aromatic carbocycles. The first kappa shape index (κ1) is 26.0. The molecule has 0 aliphatic carbocycles. The molecule has 1 unspecified atom stereocenters. The van der Waals surface area contributed by atoms with Gasteiger partial charge in [0.1, 0.15) is 5.75 Å². The molecular formula is C30H28N6O2S. The largest absolute Gasteiger partial charge is 0.507 e. The Morgan fingerprint density at radius 3 is 2.54 bits per heavy atom. The molecule has 0 saturated carbocycles. The molecule has 0 spiro atoms. The minimum Gasteiger partial charge on any atom is -0.507 e. The Balaban J connectivity index is 1.30. The molecule has 5 rings (SSSR count). The average Bonchev–Trinajstić information content (AvgIpc) is 3.36. The zero-order chi connectivity index (χ0) is 27.2. The predicted octanol–water partition coefficient (Wildman–Crippen LogP) is 5.68. The molecule has 196 valence electrons. The van der Waals surface area contributed by atoms with Gasteiger partial charge in [-0.15, -0.1) is 10.2 Å². The molecule has 0 bridgehead atoms. The molecule has 0 fully saturated rings. The highest BCUT2D eigenvalue weighted by atomic mass is 32.2. The normalized spacial score (nSPS) is 12.1. The average molecular weight is 537 g/mol. The summed E-state index contributed by atoms with van der Waals surface area (Å²) in [5.74, 6) is 0.524. The number of rotatable bonds is 9. The maximum Gasteiger partial charge on any atom is 0.253 e. The summed E-state index contributed by atoms with van der Waals surface area (Å²) in [4.78, 5) is 12.9. The number of phenols is 1. The molecular weight excluding hydrogens is 508 g/mol. The lowest BCUT2D eigenvalue weighted by Crippen LogP contribution is -2.27. The van der Waals surface area contributed by atoms with Crippen LogP contribution in [0.1, 0.15) is 23.9 Å². The summed E-state index contributed by atoms with van der Waals surface area (Å²) in [5, 5.41) is 28.6. The lowest BCUT2D eigenvalue weighted by molar-refractivity contribution is -0.120. The smallest absolute Gasteiger partial charge is 0.253 e. The summed E-state index contributed by atoms with van der Waals surface area (Å²) < 4.78 is 1.95. The van der Waals surface area contributed by atoms with Gasteiger partial charge in [-0.25, -0.2) is 5.43 Å². The van der Waals surface area contributed by atoms with Crippen LogP contribution in [0, 0.1) is 6.92 Å². The first-order valence-electron chi connectivity index (χ1n) is 12.5. The van der Waals surface area contributed by atoms with Gasteiger partial charge in [-0.1, -0.05) is 78.0 Å². The monoisotopic (exact) mass is 536 g/mol. The number of carbonyl (C=O) groups excluding carboxylic acids is 1. The van der Waals surface area contributed by atoms with E-state index < -0.39 is 5.25 Å². The quantitative estimate of drug-likeness (QED) is 0.127. The third kappa shape index (κ3) is 6.10. The molecule has 39 heavy (non-hydrogen) atoms. The molecule has 5 aromatic rings. The highest BCUT2D eigenvalue weighted by Crippen LogP contribution is 2.27. The fraction of sp³-hybridized carbons (Fsp3) is 0.133. The summed E-state index contributed by atoms with van der Waals surface area (Å²) >= 11 is 1.30. The van der Waals surface area contributed by atoms with E-state index in [0.717, 1.165) is 28.0 Å². The van der Waals surface area contributed by atoms with Crippen molar-refractivity contribution in [1.29, 1.82) is 0 Å². The highest BCUT2D eigenvalue weighted by Gasteiger charge is 2.21. The number of thioether (sulfide) groups is 1. The van der Waals surface area contributed by atoms with Crippen molar-refractivity contribution < 1.29 is 9.90 Å². The van der Waals surface area contributed by atoms with Crippen molar-refractivity contribution in [1.82, 2.24) is 20.2 Å². The number of fused-ring (bicyclic) bond motifs is 1. The number of hydrazone groups is 1. The molecule has 0 radical (unpaired) electrons. The number of hydrogen-bond acceptors (Lipinski definition) is 7. The van der Waals surface area contributed by atoms with E-state index >= 15 is 0 Å². The second-order valence-corrected chi connectivity index (χ2v) is 10.3. The van der Waals surface area contributed by atoms with Crippen LogP contribution < -0.4 is 10.7 Å². The number of amides is 1. The molecule has 0 saturated heterocycles. The van der Waals surface area contributed by atoms with E-state index in [9.17, 15) is 9.90 Å². The van der Waals surface area contributed by atoms with Crippen LogP contribution in [0.4, 0.5) is 5.69 Å². The molecule has 9 heteroatoms. The van der Waals surface area contributed by atoms with Gasteiger partial charge in [0.15, 0.2) is 11.0 Å². The Hall–Kier alpha value is -4.63. The van der Waals surface area contributed by atoms with Gasteiger partial charge in [-0.05, 0) is 55.0 Å². The maximum absolute atomic E-state index is 12.9. The van der Waals surface area contributed by atoms with Gasteiger partial charge in [0.25, 0.3) is 5.91 Å². The lowest BCUT2D eigenvalue weighted by Gasteiger charge is -2.13. The summed E-state index contributed by atoms with van der Waals surface area (Å²) in [6.45, 7) is 4.31. The fourth-order valence-corrected chi connectivity index (χ4v) is 4.94. The van der Waals surface area contributed by atoms with E-state index in [2.05, 4.69) is 45.1 Å². The van der Waals surface area contributed by atoms with Crippen LogP contribution in [0.3, 0.4) is 0 Å². The third-order valence-corrected chi connectivity index (χ3v) is 7.23. The number of anilines is 1. The fourth-order valence-electron chi connectivity index (χ4n) is 4.06. The summed E-state index contributed by atoms with van der Waals surface area (Å²) in [6.07, 6.45) is 1.47. The van der Waals surface area contributed by atoms with E-state index in [0.29, 0.717) is 17.3 Å². The van der Waals surface area contributed by atoms with Crippen LogP contribution >= 0.6 is 11.8 Å². The summed E-state index contributed by atoms with van der Waals surface area (Å²) in [7, 11) is 0. The van der Waals surface area contributed by atoms with E-state index in [-0.39, 0.29) is 11.7 Å². The minimum absolute atomic E-state index is 0.0943. The van der Waals surface area contributed by atoms with E-state index in [1.165, 1.54) is 23.5 Å². The van der Waals surface area contributed by atoms with Crippen molar-refractivity contribution in [3.05, 3.63) is 108 Å². The van der Waals surface area contributed by atoms with Gasteiger partial charge in [0.2, 0.25) is 0 Å². The van der Waals surface area contributed by atoms with Gasteiger partial charge >= 0.3 is 0 Å². The number of nitrogens with zero attached hydrogens (tertiary/aromatic N) is 4. The SMILES string of the molecule is Cc1ccc(NCc2nnc(SC(C)C(=O)NN=Cc3c(O)ccc4ccccc34)n2-c2ccccc2)cc1. The second-order valence-electron chi connectivity index (χ2n) is 9.00. The van der Waals surface area contributed by atoms with Crippen LogP contribution in [-0.4, -0.2) is 37.2 Å². The standard InChI is InChI=1S/C30H28N6O2S/c1-20-12-15-23(16-13-20)31-19-28-33-35-30(36(28)24-9-4-3-5-10-24)39-21(2)29(38)34-32-18-26-25-11-7-6-8-22(25)14-17-27(26)37/h3-18,21,31,37H,19H2,1-2H3,(H,34,38). The van der Waals surface area contributed by atoms with Crippen molar-refractivity contribution in [2.75, 3.05) is 5.32 Å². The maximum atomic E-state index is 12.9. The van der Waals surface area contributed by atoms with Gasteiger partial charge < -0.3 is 10.4 Å². The van der Waals surface area contributed by atoms with Gasteiger partial charge in [0.05, 0.1) is 18.0 Å². The lowest BCUT2D eigenvalue weighted by atomic mass is 10.0. The number of benzene rings is 4. The Bertz CT molecular complexity index is 1620. The number of aryl methyl sites for hydroxylation is 1. The van der Waals surface area contributed by atoms with Gasteiger partial charge in [0, 0.05) is 16.9 Å². The van der Waals surface area contributed by atoms with Crippen LogP contribution in [-0.2, 0) is 11.3 Å². The zero-order valence-electron chi connectivity index (χ0n) is 21.6. The summed E-state index contributed by atoms with van der Waals surface area (Å²) in [5.41, 5.74) is 6.22. The topological polar surface area (TPSA) is 104 Å². The minimum atomic E-state index is -0.507. The first-order valence-corrected chi connectivity index (χ1v) is 13.4. The van der Waals surface area contributed by atoms with Crippen molar-refractivity contribution in [2.45, 2.75) is 30.8 Å². The molecule has 1 atom stereocenters. The second kappa shape index (κ2) is 11.8. The van der Waals surface area contributed by atoms with Crippen molar-refractivity contribution in [3.8, 4) is 11.4 Å². The van der Waals surface area contributed by atoms with E-state index in [1.54, 1.807) is 13.0 Å². The highest BCUT2D eigenvalue weighted by molar-refractivity contribution is 8.00. The number of hydrogen-bond donors (Lipinski definition) is 3. The van der Waals surface area contributed by atoms with Crippen LogP contribution in [0.5, 0.6) is 5.75 Å². The molecule has 3 N–H and O–H groups in total. The molecule has 8 nitrogen and oxygen atoms in total. The number of nitrogens with one attached hydrogen (secondary N) is 2. The molecule has 1 heterocycles.